The van der Waals surface area contributed by atoms with Crippen molar-refractivity contribution in [3.8, 4) is 16.9 Å². The van der Waals surface area contributed by atoms with E-state index in [1.807, 2.05) is 30.5 Å². The van der Waals surface area contributed by atoms with Crippen LogP contribution in [0.4, 0.5) is 4.79 Å². The molecule has 2 amide bonds. The van der Waals surface area contributed by atoms with Crippen molar-refractivity contribution < 1.29 is 48.2 Å². The van der Waals surface area contributed by atoms with Gasteiger partial charge >= 0.3 is 16.2 Å². The number of halogens is 2. The average Bonchev–Trinajstić information content (AvgIpc) is 4.08. The Kier molecular flexibility index (Phi) is 14.0. The van der Waals surface area contributed by atoms with Gasteiger partial charge in [0.15, 0.2) is 0 Å². The fourth-order valence-electron chi connectivity index (χ4n) is 5.81. The summed E-state index contributed by atoms with van der Waals surface area (Å²) in [6, 6.07) is 12.5. The summed E-state index contributed by atoms with van der Waals surface area (Å²) in [5.74, 6) is 0.850. The number of aliphatic hydroxyl groups is 5. The number of benzene rings is 2. The van der Waals surface area contributed by atoms with Crippen molar-refractivity contribution in [3.05, 3.63) is 81.6 Å². The van der Waals surface area contributed by atoms with Crippen molar-refractivity contribution in [2.75, 3.05) is 26.7 Å². The highest BCUT2D eigenvalue weighted by molar-refractivity contribution is 7.88. The lowest BCUT2D eigenvalue weighted by molar-refractivity contribution is -0.117. The van der Waals surface area contributed by atoms with E-state index in [1.165, 1.54) is 0 Å². The molecule has 2 aliphatic carbocycles. The summed E-state index contributed by atoms with van der Waals surface area (Å²) in [6.45, 7) is -1.20. The fraction of sp³-hybridized carbons (Fsp3) is 0.500. The lowest BCUT2D eigenvalue weighted by Gasteiger charge is -2.28. The number of aromatic nitrogens is 1. The first-order valence-corrected chi connectivity index (χ1v) is 19.6. The predicted octanol–water partition coefficient (Wildman–Crippen LogP) is 3.04. The smallest absolute Gasteiger partial charge is 0.331 e. The Morgan fingerprint density at radius 3 is 2.38 bits per heavy atom. The fourth-order valence-corrected chi connectivity index (χ4v) is 7.21. The van der Waals surface area contributed by atoms with Crippen LogP contribution >= 0.6 is 23.2 Å². The Labute approximate surface area is 318 Å². The van der Waals surface area contributed by atoms with Gasteiger partial charge in [0.05, 0.1) is 31.5 Å². The van der Waals surface area contributed by atoms with E-state index < -0.39 is 59.4 Å². The molecule has 2 aliphatic rings. The van der Waals surface area contributed by atoms with E-state index in [0.717, 1.165) is 71.2 Å². The number of hydrogen-bond donors (Lipinski definition) is 7. The number of carbonyl (C=O) groups is 1. The van der Waals surface area contributed by atoms with E-state index in [-0.39, 0.29) is 19.3 Å². The Hall–Kier alpha value is -3.09. The number of carbonyl (C=O) groups excluding carboxylic acids is 1. The normalized spacial score (nSPS) is 17.4. The number of aliphatic hydroxyl groups excluding tert-OH is 5. The molecule has 0 spiro atoms. The summed E-state index contributed by atoms with van der Waals surface area (Å²) in [6.07, 6.45) is 1.91. The maximum Gasteiger partial charge on any atom is 0.331 e. The third kappa shape index (κ3) is 11.0. The second-order valence-corrected chi connectivity index (χ2v) is 15.8. The molecule has 0 aliphatic heterocycles. The molecule has 53 heavy (non-hydrogen) atoms. The number of hydrogen-bond acceptors (Lipinski definition) is 11. The molecule has 7 N–H and O–H groups in total. The first-order chi connectivity index (χ1) is 25.2. The van der Waals surface area contributed by atoms with Crippen molar-refractivity contribution >= 4 is 39.4 Å². The molecule has 5 rings (SSSR count). The number of pyridine rings is 1. The lowest BCUT2D eigenvalue weighted by Crippen LogP contribution is -2.52. The maximum absolute atomic E-state index is 12.4. The molecule has 14 nitrogen and oxygen atoms in total. The molecule has 290 valence electrons. The molecule has 3 aromatic rings. The Bertz CT molecular complexity index is 1830. The number of para-hydroxylation sites is 1. The van der Waals surface area contributed by atoms with Crippen LogP contribution in [0.2, 0.25) is 10.0 Å². The van der Waals surface area contributed by atoms with Crippen LogP contribution in [0.25, 0.3) is 11.1 Å². The summed E-state index contributed by atoms with van der Waals surface area (Å²) in [4.78, 5) is 17.5. The van der Waals surface area contributed by atoms with E-state index in [1.54, 1.807) is 23.1 Å². The van der Waals surface area contributed by atoms with Crippen molar-refractivity contribution in [2.45, 2.75) is 87.7 Å². The van der Waals surface area contributed by atoms with Gasteiger partial charge in [-0.05, 0) is 85.9 Å². The first-order valence-electron chi connectivity index (χ1n) is 17.4. The molecule has 2 saturated carbocycles. The van der Waals surface area contributed by atoms with E-state index in [0.29, 0.717) is 29.3 Å². The first kappa shape index (κ1) is 41.1. The van der Waals surface area contributed by atoms with Crippen LogP contribution < -0.4 is 14.2 Å². The minimum Gasteiger partial charge on any atom is -0.490 e. The maximum atomic E-state index is 12.4. The van der Waals surface area contributed by atoms with Crippen LogP contribution in [0.1, 0.15) is 55.2 Å². The molecule has 0 saturated heterocycles. The van der Waals surface area contributed by atoms with E-state index in [9.17, 15) is 33.6 Å². The summed E-state index contributed by atoms with van der Waals surface area (Å²) in [5, 5.41) is 49.0. The van der Waals surface area contributed by atoms with Crippen molar-refractivity contribution in [1.82, 2.24) is 19.3 Å². The van der Waals surface area contributed by atoms with E-state index in [2.05, 4.69) is 15.8 Å². The number of likely N-dealkylation sites (N-methyl/N-ethyl adjacent to an activating group) is 1. The quantitative estimate of drug-likeness (QED) is 0.0827. The molecule has 2 fully saturated rings. The van der Waals surface area contributed by atoms with Gasteiger partial charge in [-0.2, -0.15) is 13.1 Å². The number of unbranched alkanes of at least 4 members (excludes halogenated alkanes) is 1. The monoisotopic (exact) mass is 796 g/mol. The third-order valence-corrected chi connectivity index (χ3v) is 11.0. The zero-order valence-corrected chi connectivity index (χ0v) is 31.5. The third-order valence-electron chi connectivity index (χ3n) is 9.25. The highest BCUT2D eigenvalue weighted by Gasteiger charge is 2.48. The number of nitrogens with zero attached hydrogens (tertiary/aromatic N) is 2. The molecular formula is C36H46Cl2N4O10S. The number of ether oxygens (including phenoxy) is 2. The lowest BCUT2D eigenvalue weighted by atomic mass is 9.96. The standard InChI is InChI=1S/C36H46Cl2N4O10S/c1-42(19-30(44)33(46)34(47)31(45)20-43)35(48)41-53(49,50)40-14-5-4-6-22-16-29(38)23(17-28(22)37)21-51-36(12-13-36)27-18-39-15-11-25(27)26-7-2-3-8-32(26)52-24-9-10-24/h2-3,7-8,11,15-18,24,30-31,33-34,40,43-47H,4-6,9-10,12-14,19-21H2,1H3,(H,41,48). The minimum absolute atomic E-state index is 0.00573. The van der Waals surface area contributed by atoms with Crippen LogP contribution in [-0.4, -0.2) is 107 Å². The van der Waals surface area contributed by atoms with Gasteiger partial charge < -0.3 is 39.9 Å². The molecule has 0 bridgehead atoms. The second-order valence-electron chi connectivity index (χ2n) is 13.5. The van der Waals surface area contributed by atoms with Crippen molar-refractivity contribution in [2.24, 2.45) is 0 Å². The van der Waals surface area contributed by atoms with Crippen LogP contribution in [0.15, 0.2) is 54.9 Å². The number of urea groups is 1. The summed E-state index contributed by atoms with van der Waals surface area (Å²) in [7, 11) is -3.11. The van der Waals surface area contributed by atoms with Crippen molar-refractivity contribution in [3.63, 3.8) is 0 Å². The van der Waals surface area contributed by atoms with Gasteiger partial charge in [0.2, 0.25) is 0 Å². The van der Waals surface area contributed by atoms with E-state index >= 15 is 0 Å². The van der Waals surface area contributed by atoms with Crippen LogP contribution in [0, 0.1) is 0 Å². The number of amides is 2. The second kappa shape index (κ2) is 18.0. The van der Waals surface area contributed by atoms with Gasteiger partial charge in [-0.1, -0.05) is 41.4 Å². The molecular weight excluding hydrogens is 751 g/mol. The van der Waals surface area contributed by atoms with E-state index in [4.69, 9.17) is 37.8 Å². The number of rotatable bonds is 20. The SMILES string of the molecule is CN(CC(O)C(O)C(O)C(O)CO)C(=O)NS(=O)(=O)NCCCCc1cc(Cl)c(COC2(c3cnccc3-c3ccccc3OC3CC3)CC2)cc1Cl. The molecule has 17 heteroatoms. The largest absolute Gasteiger partial charge is 0.490 e. The van der Waals surface area contributed by atoms with Gasteiger partial charge in [-0.25, -0.2) is 9.52 Å². The molecule has 2 aromatic carbocycles. The average molecular weight is 798 g/mol. The van der Waals surface area contributed by atoms with Gasteiger partial charge in [-0.3, -0.25) is 4.98 Å². The van der Waals surface area contributed by atoms with Crippen molar-refractivity contribution in [1.29, 1.82) is 0 Å². The van der Waals surface area contributed by atoms with Crippen LogP contribution in [0.5, 0.6) is 5.75 Å². The summed E-state index contributed by atoms with van der Waals surface area (Å²) < 4.78 is 41.6. The zero-order valence-electron chi connectivity index (χ0n) is 29.2. The minimum atomic E-state index is -4.27. The highest BCUT2D eigenvalue weighted by Crippen LogP contribution is 2.53. The Morgan fingerprint density at radius 2 is 1.68 bits per heavy atom. The Morgan fingerprint density at radius 1 is 1.00 bits per heavy atom. The molecule has 4 atom stereocenters. The summed E-state index contributed by atoms with van der Waals surface area (Å²) in [5.41, 5.74) is 4.05. The number of nitrogens with one attached hydrogen (secondary N) is 2. The van der Waals surface area contributed by atoms with Gasteiger partial charge in [0, 0.05) is 47.2 Å². The van der Waals surface area contributed by atoms with Gasteiger partial charge in [-0.15, -0.1) is 0 Å². The number of aryl methyl sites for hydroxylation is 1. The highest BCUT2D eigenvalue weighted by atomic mass is 35.5. The van der Waals surface area contributed by atoms with Crippen LogP contribution in [-0.2, 0) is 33.6 Å². The molecule has 1 heterocycles. The van der Waals surface area contributed by atoms with Crippen LogP contribution in [0.3, 0.4) is 0 Å². The van der Waals surface area contributed by atoms with Gasteiger partial charge in [0.25, 0.3) is 0 Å². The molecule has 1 aromatic heterocycles. The predicted molar refractivity (Wildman–Crippen MR) is 198 cm³/mol. The zero-order chi connectivity index (χ0) is 38.3. The Balaban J connectivity index is 1.09. The topological polar surface area (TPSA) is 211 Å². The van der Waals surface area contributed by atoms with Gasteiger partial charge in [0.1, 0.15) is 30.2 Å². The summed E-state index contributed by atoms with van der Waals surface area (Å²) >= 11 is 13.3. The molecule has 0 radical (unpaired) electrons. The molecule has 4 unspecified atom stereocenters.